The summed E-state index contributed by atoms with van der Waals surface area (Å²) in [6.07, 6.45) is 11.1. The summed E-state index contributed by atoms with van der Waals surface area (Å²) in [4.78, 5) is 21.4. The van der Waals surface area contributed by atoms with Gasteiger partial charge in [0.15, 0.2) is 5.96 Å². The normalized spacial score (nSPS) is 24.2. The molecule has 0 aromatic heterocycles. The molecule has 2 heterocycles. The summed E-state index contributed by atoms with van der Waals surface area (Å²) >= 11 is 0. The number of ether oxygens (including phenoxy) is 1. The van der Waals surface area contributed by atoms with E-state index in [4.69, 9.17) is 4.74 Å². The van der Waals surface area contributed by atoms with Crippen molar-refractivity contribution in [3.63, 3.8) is 0 Å². The van der Waals surface area contributed by atoms with Crippen molar-refractivity contribution in [1.29, 1.82) is 0 Å². The van der Waals surface area contributed by atoms with E-state index in [-0.39, 0.29) is 30.1 Å². The van der Waals surface area contributed by atoms with Gasteiger partial charge in [-0.15, -0.1) is 24.0 Å². The summed E-state index contributed by atoms with van der Waals surface area (Å²) in [6.45, 7) is 10.7. The van der Waals surface area contributed by atoms with E-state index in [0.29, 0.717) is 12.0 Å². The fraction of sp³-hybridized carbons (Fsp3) is 0.917. The average molecular weight is 564 g/mol. The lowest BCUT2D eigenvalue weighted by molar-refractivity contribution is 0.0162. The van der Waals surface area contributed by atoms with Crippen LogP contribution in [0.15, 0.2) is 4.99 Å². The molecule has 7 nitrogen and oxygen atoms in total. The number of amides is 1. The van der Waals surface area contributed by atoms with Crippen LogP contribution in [0.1, 0.15) is 78.6 Å². The van der Waals surface area contributed by atoms with Crippen molar-refractivity contribution in [3.8, 4) is 0 Å². The van der Waals surface area contributed by atoms with Crippen molar-refractivity contribution in [1.82, 2.24) is 20.4 Å². The lowest BCUT2D eigenvalue weighted by atomic mass is 9.95. The van der Waals surface area contributed by atoms with E-state index in [1.54, 1.807) is 0 Å². The summed E-state index contributed by atoms with van der Waals surface area (Å²) in [5, 5.41) is 7.14. The zero-order valence-electron chi connectivity index (χ0n) is 20.7. The number of nitrogens with zero attached hydrogens (tertiary/aromatic N) is 3. The second-order valence-corrected chi connectivity index (χ2v) is 10.6. The van der Waals surface area contributed by atoms with Gasteiger partial charge in [0.25, 0.3) is 0 Å². The maximum absolute atomic E-state index is 12.4. The molecule has 2 saturated heterocycles. The minimum Gasteiger partial charge on any atom is -0.444 e. The largest absolute Gasteiger partial charge is 0.444 e. The van der Waals surface area contributed by atoms with Crippen molar-refractivity contribution >= 4 is 36.0 Å². The minimum absolute atomic E-state index is 0. The molecule has 0 aromatic rings. The Morgan fingerprint density at radius 3 is 2.34 bits per heavy atom. The van der Waals surface area contributed by atoms with E-state index in [1.165, 1.54) is 58.0 Å². The zero-order chi connectivity index (χ0) is 22.3. The summed E-state index contributed by atoms with van der Waals surface area (Å²) in [5.74, 6) is 1.43. The third-order valence-corrected chi connectivity index (χ3v) is 6.95. The van der Waals surface area contributed by atoms with Gasteiger partial charge in [-0.25, -0.2) is 4.79 Å². The van der Waals surface area contributed by atoms with Crippen LogP contribution in [0.5, 0.6) is 0 Å². The lowest BCUT2D eigenvalue weighted by Gasteiger charge is -2.36. The Bertz CT molecular complexity index is 596. The molecule has 1 saturated carbocycles. The van der Waals surface area contributed by atoms with Crippen molar-refractivity contribution < 1.29 is 9.53 Å². The lowest BCUT2D eigenvalue weighted by Crippen LogP contribution is -2.50. The first-order valence-corrected chi connectivity index (χ1v) is 12.5. The first kappa shape index (κ1) is 27.5. The van der Waals surface area contributed by atoms with Crippen molar-refractivity contribution in [2.45, 2.75) is 96.2 Å². The topological polar surface area (TPSA) is 69.2 Å². The number of rotatable bonds is 5. The predicted molar refractivity (Wildman–Crippen MR) is 142 cm³/mol. The van der Waals surface area contributed by atoms with Crippen LogP contribution >= 0.6 is 24.0 Å². The predicted octanol–water partition coefficient (Wildman–Crippen LogP) is 4.21. The molecule has 0 bridgehead atoms. The fourth-order valence-corrected chi connectivity index (χ4v) is 5.25. The molecule has 0 aromatic carbocycles. The summed E-state index contributed by atoms with van der Waals surface area (Å²) in [6, 6.07) is 1.36. The Balaban J connectivity index is 0.00000363. The smallest absolute Gasteiger partial charge is 0.410 e. The molecule has 1 unspecified atom stereocenters. The molecule has 3 rings (SSSR count). The SMILES string of the molecule is CN=C(NCCC1CCCN(C(=O)OC(C)(C)C)C1)NC1CCN(C2CCCC2)CC1.I. The van der Waals surface area contributed by atoms with Gasteiger partial charge in [-0.05, 0) is 71.6 Å². The maximum atomic E-state index is 12.4. The van der Waals surface area contributed by atoms with E-state index >= 15 is 0 Å². The van der Waals surface area contributed by atoms with Crippen molar-refractivity contribution in [2.75, 3.05) is 39.8 Å². The highest BCUT2D eigenvalue weighted by Crippen LogP contribution is 2.26. The quantitative estimate of drug-likeness (QED) is 0.298. The molecule has 0 spiro atoms. The van der Waals surface area contributed by atoms with E-state index in [9.17, 15) is 4.79 Å². The molecule has 1 aliphatic carbocycles. The highest BCUT2D eigenvalue weighted by Gasteiger charge is 2.29. The van der Waals surface area contributed by atoms with Gasteiger partial charge in [-0.3, -0.25) is 4.99 Å². The molecule has 0 radical (unpaired) electrons. The minimum atomic E-state index is -0.434. The van der Waals surface area contributed by atoms with Gasteiger partial charge in [0, 0.05) is 51.9 Å². The molecule has 32 heavy (non-hydrogen) atoms. The Morgan fingerprint density at radius 2 is 1.72 bits per heavy atom. The maximum Gasteiger partial charge on any atom is 0.410 e. The molecule has 3 fully saturated rings. The van der Waals surface area contributed by atoms with Gasteiger partial charge < -0.3 is 25.2 Å². The highest BCUT2D eigenvalue weighted by molar-refractivity contribution is 14.0. The summed E-state index contributed by atoms with van der Waals surface area (Å²) in [7, 11) is 1.85. The summed E-state index contributed by atoms with van der Waals surface area (Å²) in [5.41, 5.74) is -0.434. The Morgan fingerprint density at radius 1 is 1.03 bits per heavy atom. The number of carbonyl (C=O) groups excluding carboxylic acids is 1. The van der Waals surface area contributed by atoms with E-state index in [2.05, 4.69) is 20.5 Å². The number of likely N-dealkylation sites (tertiary alicyclic amines) is 2. The number of guanidine groups is 1. The molecule has 1 atom stereocenters. The number of hydrogen-bond donors (Lipinski definition) is 2. The van der Waals surface area contributed by atoms with Crippen molar-refractivity contribution in [3.05, 3.63) is 0 Å². The van der Waals surface area contributed by atoms with Crippen molar-refractivity contribution in [2.24, 2.45) is 10.9 Å². The van der Waals surface area contributed by atoms with Gasteiger partial charge in [0.05, 0.1) is 0 Å². The standard InChI is InChI=1S/C24H45N5O2.HI/c1-24(2,3)31-23(30)29-15-7-8-19(18-29)11-14-26-22(25-4)27-20-12-16-28(17-13-20)21-9-5-6-10-21;/h19-21H,5-18H2,1-4H3,(H2,25,26,27);1H. The van der Waals surface area contributed by atoms with Gasteiger partial charge in [-0.1, -0.05) is 12.8 Å². The zero-order valence-corrected chi connectivity index (χ0v) is 23.0. The fourth-order valence-electron chi connectivity index (χ4n) is 5.25. The average Bonchev–Trinajstić information content (AvgIpc) is 3.27. The van der Waals surface area contributed by atoms with E-state index in [1.807, 2.05) is 32.7 Å². The van der Waals surface area contributed by atoms with Crippen LogP contribution in [-0.4, -0.2) is 79.3 Å². The van der Waals surface area contributed by atoms with Crippen LogP contribution in [-0.2, 0) is 4.74 Å². The van der Waals surface area contributed by atoms with Crippen LogP contribution in [0.2, 0.25) is 0 Å². The van der Waals surface area contributed by atoms with Crippen LogP contribution in [0.4, 0.5) is 4.79 Å². The number of aliphatic imine (C=N–C) groups is 1. The van der Waals surface area contributed by atoms with E-state index < -0.39 is 5.60 Å². The van der Waals surface area contributed by atoms with Gasteiger partial charge in [0.2, 0.25) is 0 Å². The molecule has 186 valence electrons. The van der Waals surface area contributed by atoms with E-state index in [0.717, 1.165) is 44.5 Å². The molecule has 2 N–H and O–H groups in total. The second-order valence-electron chi connectivity index (χ2n) is 10.6. The first-order chi connectivity index (χ1) is 14.8. The monoisotopic (exact) mass is 563 g/mol. The second kappa shape index (κ2) is 13.2. The number of nitrogens with one attached hydrogen (secondary N) is 2. The molecular weight excluding hydrogens is 517 g/mol. The van der Waals surface area contributed by atoms with Crippen LogP contribution in [0.3, 0.4) is 0 Å². The molecular formula is C24H46IN5O2. The number of halogens is 1. The third-order valence-electron chi connectivity index (χ3n) is 6.95. The molecule has 2 aliphatic heterocycles. The van der Waals surface area contributed by atoms with Gasteiger partial charge in [-0.2, -0.15) is 0 Å². The first-order valence-electron chi connectivity index (χ1n) is 12.5. The number of piperidine rings is 2. The third kappa shape index (κ3) is 8.88. The Kier molecular flexibility index (Phi) is 11.3. The highest BCUT2D eigenvalue weighted by atomic mass is 127. The molecule has 8 heteroatoms. The van der Waals surface area contributed by atoms with Crippen LogP contribution in [0.25, 0.3) is 0 Å². The number of carbonyl (C=O) groups is 1. The molecule has 3 aliphatic rings. The number of hydrogen-bond acceptors (Lipinski definition) is 4. The van der Waals surface area contributed by atoms with Crippen LogP contribution < -0.4 is 10.6 Å². The van der Waals surface area contributed by atoms with Gasteiger partial charge >= 0.3 is 6.09 Å². The van der Waals surface area contributed by atoms with Gasteiger partial charge in [0.1, 0.15) is 5.60 Å². The molecule has 1 amide bonds. The van der Waals surface area contributed by atoms with Crippen LogP contribution in [0, 0.1) is 5.92 Å². The summed E-state index contributed by atoms with van der Waals surface area (Å²) < 4.78 is 5.55. The Labute approximate surface area is 212 Å². The Hall–Kier alpha value is -0.770.